The van der Waals surface area contributed by atoms with Crippen LogP contribution < -0.4 is 16.0 Å². The van der Waals surface area contributed by atoms with E-state index >= 15 is 0 Å². The van der Waals surface area contributed by atoms with Crippen molar-refractivity contribution in [3.05, 3.63) is 35.2 Å². The standard InChI is InChI=1S/C27H42N4O2S/c1-19-7-11-21(12-8-19)23-17-34-24(30-23)28-16-15-20-9-13-22(14-10-20)29-18-27(5,6)31-25(32)33-26(2,3)4/h7-8,11-12,17,20,22,29H,9-10,13-16,18H2,1-6H3,(H,28,30)(H,31,32). The summed E-state index contributed by atoms with van der Waals surface area (Å²) >= 11 is 1.68. The number of rotatable bonds is 9. The highest BCUT2D eigenvalue weighted by Crippen LogP contribution is 2.28. The van der Waals surface area contributed by atoms with Crippen molar-refractivity contribution in [3.63, 3.8) is 0 Å². The van der Waals surface area contributed by atoms with Crippen LogP contribution in [0.2, 0.25) is 0 Å². The van der Waals surface area contributed by atoms with Crippen LogP contribution in [0.25, 0.3) is 11.3 Å². The summed E-state index contributed by atoms with van der Waals surface area (Å²) in [5.41, 5.74) is 2.65. The second-order valence-corrected chi connectivity index (χ2v) is 12.1. The third kappa shape index (κ3) is 8.91. The number of anilines is 1. The molecule has 7 heteroatoms. The number of carbonyl (C=O) groups is 1. The number of hydrogen-bond acceptors (Lipinski definition) is 6. The van der Waals surface area contributed by atoms with E-state index in [1.54, 1.807) is 11.3 Å². The van der Waals surface area contributed by atoms with Gasteiger partial charge in [-0.05, 0) is 79.6 Å². The van der Waals surface area contributed by atoms with Crippen molar-refractivity contribution < 1.29 is 9.53 Å². The Morgan fingerprint density at radius 2 is 1.76 bits per heavy atom. The van der Waals surface area contributed by atoms with Gasteiger partial charge < -0.3 is 20.7 Å². The summed E-state index contributed by atoms with van der Waals surface area (Å²) in [5.74, 6) is 0.759. The Kier molecular flexibility index (Phi) is 8.99. The molecule has 0 atom stereocenters. The molecule has 1 heterocycles. The fraction of sp³-hybridized carbons (Fsp3) is 0.630. The average molecular weight is 487 g/mol. The molecule has 1 fully saturated rings. The molecule has 1 aromatic carbocycles. The molecular weight excluding hydrogens is 444 g/mol. The van der Waals surface area contributed by atoms with Crippen LogP contribution in [0, 0.1) is 12.8 Å². The maximum Gasteiger partial charge on any atom is 0.408 e. The summed E-state index contributed by atoms with van der Waals surface area (Å²) in [6.07, 6.45) is 5.67. The zero-order chi connectivity index (χ0) is 24.8. The molecule has 1 aromatic heterocycles. The van der Waals surface area contributed by atoms with E-state index in [-0.39, 0.29) is 11.6 Å². The summed E-state index contributed by atoms with van der Waals surface area (Å²) in [5, 5.41) is 13.3. The molecular formula is C27H42N4O2S. The number of amides is 1. The summed E-state index contributed by atoms with van der Waals surface area (Å²) in [4.78, 5) is 16.8. The number of nitrogens with one attached hydrogen (secondary N) is 3. The van der Waals surface area contributed by atoms with Crippen LogP contribution in [-0.4, -0.2) is 41.3 Å². The maximum absolute atomic E-state index is 12.1. The highest BCUT2D eigenvalue weighted by Gasteiger charge is 2.27. The van der Waals surface area contributed by atoms with Crippen LogP contribution in [0.5, 0.6) is 0 Å². The molecule has 3 rings (SSSR count). The quantitative estimate of drug-likeness (QED) is 0.384. The molecule has 188 valence electrons. The fourth-order valence-corrected chi connectivity index (χ4v) is 5.02. The van der Waals surface area contributed by atoms with Crippen molar-refractivity contribution in [2.75, 3.05) is 18.4 Å². The monoisotopic (exact) mass is 486 g/mol. The van der Waals surface area contributed by atoms with Gasteiger partial charge in [0, 0.05) is 30.1 Å². The number of thiazole rings is 1. The molecule has 0 unspecified atom stereocenters. The number of carbonyl (C=O) groups excluding carboxylic acids is 1. The van der Waals surface area contributed by atoms with Gasteiger partial charge in [-0.15, -0.1) is 11.3 Å². The van der Waals surface area contributed by atoms with Gasteiger partial charge in [-0.3, -0.25) is 0 Å². The van der Waals surface area contributed by atoms with E-state index in [4.69, 9.17) is 9.72 Å². The van der Waals surface area contributed by atoms with E-state index < -0.39 is 5.60 Å². The molecule has 0 spiro atoms. The van der Waals surface area contributed by atoms with Crippen LogP contribution in [0.1, 0.15) is 72.3 Å². The lowest BCUT2D eigenvalue weighted by Crippen LogP contribution is -2.53. The van der Waals surface area contributed by atoms with Crippen LogP contribution in [-0.2, 0) is 4.74 Å². The van der Waals surface area contributed by atoms with Gasteiger partial charge in [0.15, 0.2) is 5.13 Å². The topological polar surface area (TPSA) is 75.3 Å². The predicted octanol–water partition coefficient (Wildman–Crippen LogP) is 6.37. The first-order chi connectivity index (χ1) is 16.0. The Balaban J connectivity index is 1.32. The van der Waals surface area contributed by atoms with Gasteiger partial charge >= 0.3 is 6.09 Å². The molecule has 0 radical (unpaired) electrons. The SMILES string of the molecule is Cc1ccc(-c2csc(NCCC3CCC(NCC(C)(C)NC(=O)OC(C)(C)C)CC3)n2)cc1. The van der Waals surface area contributed by atoms with Crippen molar-refractivity contribution in [2.45, 2.75) is 90.8 Å². The van der Waals surface area contributed by atoms with Crippen LogP contribution >= 0.6 is 11.3 Å². The number of nitrogens with zero attached hydrogens (tertiary/aromatic N) is 1. The summed E-state index contributed by atoms with van der Waals surface area (Å²) < 4.78 is 5.39. The third-order valence-corrected chi connectivity index (χ3v) is 7.00. The number of hydrogen-bond donors (Lipinski definition) is 3. The van der Waals surface area contributed by atoms with Gasteiger partial charge in [0.05, 0.1) is 11.2 Å². The van der Waals surface area contributed by atoms with Crippen molar-refractivity contribution >= 4 is 22.6 Å². The lowest BCUT2D eigenvalue weighted by Gasteiger charge is -2.33. The van der Waals surface area contributed by atoms with Crippen molar-refractivity contribution in [1.82, 2.24) is 15.6 Å². The van der Waals surface area contributed by atoms with Crippen LogP contribution in [0.3, 0.4) is 0 Å². The van der Waals surface area contributed by atoms with E-state index in [0.717, 1.165) is 29.8 Å². The average Bonchev–Trinajstić information content (AvgIpc) is 3.21. The van der Waals surface area contributed by atoms with E-state index in [2.05, 4.69) is 52.5 Å². The van der Waals surface area contributed by atoms with Gasteiger partial charge in [-0.1, -0.05) is 29.8 Å². The van der Waals surface area contributed by atoms with Gasteiger partial charge in [0.2, 0.25) is 0 Å². The van der Waals surface area contributed by atoms with E-state index in [9.17, 15) is 4.79 Å². The van der Waals surface area contributed by atoms with E-state index in [1.165, 1.54) is 43.2 Å². The number of aryl methyl sites for hydroxylation is 1. The highest BCUT2D eigenvalue weighted by atomic mass is 32.1. The lowest BCUT2D eigenvalue weighted by molar-refractivity contribution is 0.0469. The van der Waals surface area contributed by atoms with Gasteiger partial charge in [-0.2, -0.15) is 0 Å². The molecule has 1 saturated carbocycles. The first-order valence-electron chi connectivity index (χ1n) is 12.5. The van der Waals surface area contributed by atoms with Gasteiger partial charge in [0.1, 0.15) is 5.60 Å². The lowest BCUT2D eigenvalue weighted by atomic mass is 9.84. The first kappa shape index (κ1) is 26.5. The molecule has 1 aliphatic rings. The maximum atomic E-state index is 12.1. The Labute approximate surface area is 209 Å². The molecule has 1 amide bonds. The fourth-order valence-electron chi connectivity index (χ4n) is 4.27. The summed E-state index contributed by atoms with van der Waals surface area (Å²) in [7, 11) is 0. The molecule has 0 aliphatic heterocycles. The van der Waals surface area contributed by atoms with Gasteiger partial charge in [0.25, 0.3) is 0 Å². The van der Waals surface area contributed by atoms with Crippen molar-refractivity contribution in [1.29, 1.82) is 0 Å². The molecule has 34 heavy (non-hydrogen) atoms. The minimum Gasteiger partial charge on any atom is -0.444 e. The van der Waals surface area contributed by atoms with E-state index in [1.807, 2.05) is 34.6 Å². The van der Waals surface area contributed by atoms with Gasteiger partial charge in [-0.25, -0.2) is 9.78 Å². The molecule has 1 aliphatic carbocycles. The summed E-state index contributed by atoms with van der Waals surface area (Å²) in [6, 6.07) is 9.04. The zero-order valence-corrected chi connectivity index (χ0v) is 22.5. The first-order valence-corrected chi connectivity index (χ1v) is 13.4. The Hall–Kier alpha value is -2.12. The number of aromatic nitrogens is 1. The van der Waals surface area contributed by atoms with E-state index in [0.29, 0.717) is 6.04 Å². The zero-order valence-electron chi connectivity index (χ0n) is 21.7. The minimum atomic E-state index is -0.482. The molecule has 0 bridgehead atoms. The number of alkyl carbamates (subject to hydrolysis) is 1. The Morgan fingerprint density at radius 1 is 1.09 bits per heavy atom. The van der Waals surface area contributed by atoms with Crippen LogP contribution in [0.4, 0.5) is 9.93 Å². The molecule has 0 saturated heterocycles. The van der Waals surface area contributed by atoms with Crippen molar-refractivity contribution in [2.24, 2.45) is 5.92 Å². The predicted molar refractivity (Wildman–Crippen MR) is 143 cm³/mol. The van der Waals surface area contributed by atoms with Crippen LogP contribution in [0.15, 0.2) is 29.6 Å². The Morgan fingerprint density at radius 3 is 2.41 bits per heavy atom. The third-order valence-electron chi connectivity index (χ3n) is 6.20. The normalized spacial score (nSPS) is 19.0. The summed E-state index contributed by atoms with van der Waals surface area (Å²) in [6.45, 7) is 13.5. The molecule has 6 nitrogen and oxygen atoms in total. The smallest absolute Gasteiger partial charge is 0.408 e. The van der Waals surface area contributed by atoms with Crippen molar-refractivity contribution in [3.8, 4) is 11.3 Å². The largest absolute Gasteiger partial charge is 0.444 e. The molecule has 3 N–H and O–H groups in total. The second kappa shape index (κ2) is 11.5. The number of benzene rings is 1. The minimum absolute atomic E-state index is 0.353. The Bertz CT molecular complexity index is 909. The second-order valence-electron chi connectivity index (χ2n) is 11.2. The highest BCUT2D eigenvalue weighted by molar-refractivity contribution is 7.14. The molecule has 2 aromatic rings. The number of ether oxygens (including phenoxy) is 1.